The fourth-order valence-corrected chi connectivity index (χ4v) is 5.63. The number of nitro benzene ring substituents is 2. The molecule has 0 N–H and O–H groups in total. The van der Waals surface area contributed by atoms with Crippen molar-refractivity contribution in [1.82, 2.24) is 0 Å². The van der Waals surface area contributed by atoms with E-state index in [0.29, 0.717) is 0 Å². The van der Waals surface area contributed by atoms with Gasteiger partial charge >= 0.3 is 0 Å². The third kappa shape index (κ3) is 7.35. The molecule has 6 nitrogen and oxygen atoms in total. The number of rotatable bonds is 10. The topological polar surface area (TPSA) is 86.3 Å². The Kier molecular flexibility index (Phi) is 8.46. The van der Waals surface area contributed by atoms with Gasteiger partial charge in [0.15, 0.2) is 0 Å². The molecule has 0 aromatic heterocycles. The molecule has 0 radical (unpaired) electrons. The van der Waals surface area contributed by atoms with Crippen LogP contribution in [0, 0.1) is 20.2 Å². The SMILES string of the molecule is O=[N+]([O-])c1ccc(CSc2ccc(Sc3ccc(SCc4ccc([N+](=O)[O-])cc4)cc3)cc2)cc1. The number of nitro groups is 2. The lowest BCUT2D eigenvalue weighted by Gasteiger charge is -2.06. The van der Waals surface area contributed by atoms with E-state index in [-0.39, 0.29) is 21.2 Å². The Morgan fingerprint density at radius 3 is 1.11 bits per heavy atom. The van der Waals surface area contributed by atoms with E-state index in [0.717, 1.165) is 42.2 Å². The fraction of sp³-hybridized carbons (Fsp3) is 0.0769. The lowest BCUT2D eigenvalue weighted by Crippen LogP contribution is -1.88. The van der Waals surface area contributed by atoms with Gasteiger partial charge in [0.1, 0.15) is 0 Å². The maximum atomic E-state index is 10.8. The molecule has 0 heterocycles. The third-order valence-electron chi connectivity index (χ3n) is 4.99. The van der Waals surface area contributed by atoms with Crippen LogP contribution in [0.25, 0.3) is 0 Å². The Hall–Kier alpha value is -3.27. The minimum atomic E-state index is -0.387. The zero-order valence-corrected chi connectivity index (χ0v) is 20.9. The van der Waals surface area contributed by atoms with Crippen molar-refractivity contribution in [3.8, 4) is 0 Å². The van der Waals surface area contributed by atoms with Gasteiger partial charge in [-0.3, -0.25) is 20.2 Å². The van der Waals surface area contributed by atoms with Crippen molar-refractivity contribution in [3.63, 3.8) is 0 Å². The van der Waals surface area contributed by atoms with E-state index in [2.05, 4.69) is 48.5 Å². The van der Waals surface area contributed by atoms with Gasteiger partial charge in [0, 0.05) is 55.4 Å². The normalized spacial score (nSPS) is 10.7. The van der Waals surface area contributed by atoms with Gasteiger partial charge in [-0.1, -0.05) is 36.0 Å². The summed E-state index contributed by atoms with van der Waals surface area (Å²) in [6.07, 6.45) is 0. The van der Waals surface area contributed by atoms with Gasteiger partial charge in [0.25, 0.3) is 11.4 Å². The molecule has 4 aromatic carbocycles. The first kappa shape index (κ1) is 24.8. The van der Waals surface area contributed by atoms with Crippen molar-refractivity contribution in [2.75, 3.05) is 0 Å². The van der Waals surface area contributed by atoms with Crippen molar-refractivity contribution in [3.05, 3.63) is 128 Å². The first-order chi connectivity index (χ1) is 17.0. The van der Waals surface area contributed by atoms with Crippen LogP contribution in [0.2, 0.25) is 0 Å². The molecule has 0 aliphatic rings. The molecular weight excluding hydrogens is 500 g/mol. The summed E-state index contributed by atoms with van der Waals surface area (Å²) < 4.78 is 0. The van der Waals surface area contributed by atoms with E-state index in [4.69, 9.17) is 0 Å². The molecule has 0 aliphatic carbocycles. The predicted octanol–water partition coefficient (Wildman–Crippen LogP) is 8.24. The summed E-state index contributed by atoms with van der Waals surface area (Å²) in [4.78, 5) is 25.3. The van der Waals surface area contributed by atoms with Crippen molar-refractivity contribution in [1.29, 1.82) is 0 Å². The third-order valence-corrected chi connectivity index (χ3v) is 8.17. The molecule has 0 amide bonds. The molecule has 0 aliphatic heterocycles. The molecule has 0 atom stereocenters. The number of thioether (sulfide) groups is 2. The largest absolute Gasteiger partial charge is 0.269 e. The summed E-state index contributed by atoms with van der Waals surface area (Å²) in [5, 5.41) is 21.5. The molecule has 0 spiro atoms. The highest BCUT2D eigenvalue weighted by Gasteiger charge is 2.06. The Morgan fingerprint density at radius 2 is 0.800 bits per heavy atom. The van der Waals surface area contributed by atoms with E-state index in [1.807, 2.05) is 0 Å². The highest BCUT2D eigenvalue weighted by Crippen LogP contribution is 2.32. The van der Waals surface area contributed by atoms with Gasteiger partial charge in [-0.05, 0) is 59.7 Å². The molecule has 4 aromatic rings. The maximum absolute atomic E-state index is 10.8. The van der Waals surface area contributed by atoms with Gasteiger partial charge in [-0.25, -0.2) is 0 Å². The monoisotopic (exact) mass is 520 g/mol. The zero-order chi connectivity index (χ0) is 24.6. The minimum absolute atomic E-state index is 0.108. The average Bonchev–Trinajstić information content (AvgIpc) is 2.88. The second-order valence-electron chi connectivity index (χ2n) is 7.47. The highest BCUT2D eigenvalue weighted by molar-refractivity contribution is 7.99. The smallest absolute Gasteiger partial charge is 0.258 e. The Bertz CT molecular complexity index is 1190. The summed E-state index contributed by atoms with van der Waals surface area (Å²) >= 11 is 5.09. The molecule has 0 saturated heterocycles. The van der Waals surface area contributed by atoms with E-state index in [1.54, 1.807) is 59.6 Å². The zero-order valence-electron chi connectivity index (χ0n) is 18.4. The lowest BCUT2D eigenvalue weighted by atomic mass is 10.2. The number of nitrogens with zero attached hydrogens (tertiary/aromatic N) is 2. The number of hydrogen-bond acceptors (Lipinski definition) is 7. The van der Waals surface area contributed by atoms with Crippen LogP contribution in [0.3, 0.4) is 0 Å². The van der Waals surface area contributed by atoms with Gasteiger partial charge in [-0.15, -0.1) is 23.5 Å². The number of benzene rings is 4. The number of non-ortho nitro benzene ring substituents is 2. The summed E-state index contributed by atoms with van der Waals surface area (Å²) in [6.45, 7) is 0. The molecule has 4 rings (SSSR count). The molecule has 35 heavy (non-hydrogen) atoms. The first-order valence-corrected chi connectivity index (χ1v) is 13.4. The molecule has 176 valence electrons. The molecule has 0 saturated carbocycles. The molecule has 9 heteroatoms. The molecular formula is C26H20N2O4S3. The van der Waals surface area contributed by atoms with Crippen LogP contribution in [0.15, 0.2) is 117 Å². The van der Waals surface area contributed by atoms with Gasteiger partial charge in [-0.2, -0.15) is 0 Å². The van der Waals surface area contributed by atoms with E-state index >= 15 is 0 Å². The van der Waals surface area contributed by atoms with Crippen LogP contribution < -0.4 is 0 Å². The van der Waals surface area contributed by atoms with E-state index < -0.39 is 0 Å². The average molecular weight is 521 g/mol. The van der Waals surface area contributed by atoms with Crippen molar-refractivity contribution >= 4 is 46.7 Å². The molecule has 0 unspecified atom stereocenters. The highest BCUT2D eigenvalue weighted by atomic mass is 32.2. The molecule has 0 fully saturated rings. The summed E-state index contributed by atoms with van der Waals surface area (Å²) in [7, 11) is 0. The molecule has 0 bridgehead atoms. The Morgan fingerprint density at radius 1 is 0.486 bits per heavy atom. The standard InChI is InChI=1S/C26H20N2O4S3/c29-27(30)21-5-1-19(2-6-21)17-33-23-9-13-25(14-10-23)35-26-15-11-24(12-16-26)34-18-20-3-7-22(8-4-20)28(31)32/h1-16H,17-18H2. The van der Waals surface area contributed by atoms with Crippen LogP contribution in [0.5, 0.6) is 0 Å². The fourth-order valence-electron chi connectivity index (χ4n) is 3.11. The second-order valence-corrected chi connectivity index (χ2v) is 10.7. The van der Waals surface area contributed by atoms with Gasteiger partial charge in [0.2, 0.25) is 0 Å². The second kappa shape index (κ2) is 11.9. The van der Waals surface area contributed by atoms with Crippen molar-refractivity contribution in [2.24, 2.45) is 0 Å². The summed E-state index contributed by atoms with van der Waals surface area (Å²) in [5.74, 6) is 1.51. The van der Waals surface area contributed by atoms with Crippen LogP contribution in [-0.4, -0.2) is 9.85 Å². The summed E-state index contributed by atoms with van der Waals surface area (Å²) in [5.41, 5.74) is 2.31. The van der Waals surface area contributed by atoms with E-state index in [9.17, 15) is 20.2 Å². The predicted molar refractivity (Wildman–Crippen MR) is 142 cm³/mol. The van der Waals surface area contributed by atoms with Crippen LogP contribution in [-0.2, 0) is 11.5 Å². The van der Waals surface area contributed by atoms with Gasteiger partial charge < -0.3 is 0 Å². The maximum Gasteiger partial charge on any atom is 0.269 e. The van der Waals surface area contributed by atoms with Crippen LogP contribution in [0.4, 0.5) is 11.4 Å². The quantitative estimate of drug-likeness (QED) is 0.118. The Balaban J connectivity index is 1.26. The van der Waals surface area contributed by atoms with Crippen molar-refractivity contribution < 1.29 is 9.85 Å². The van der Waals surface area contributed by atoms with Gasteiger partial charge in [0.05, 0.1) is 9.85 Å². The number of hydrogen-bond donors (Lipinski definition) is 0. The minimum Gasteiger partial charge on any atom is -0.258 e. The van der Waals surface area contributed by atoms with E-state index in [1.165, 1.54) is 24.3 Å². The summed E-state index contributed by atoms with van der Waals surface area (Å²) in [6, 6.07) is 30.1. The van der Waals surface area contributed by atoms with Crippen LogP contribution >= 0.6 is 35.3 Å². The lowest BCUT2D eigenvalue weighted by molar-refractivity contribution is -0.385. The first-order valence-electron chi connectivity index (χ1n) is 10.6. The Labute approximate surface area is 215 Å². The van der Waals surface area contributed by atoms with Crippen LogP contribution in [0.1, 0.15) is 11.1 Å². The van der Waals surface area contributed by atoms with Crippen molar-refractivity contribution in [2.45, 2.75) is 31.1 Å².